The molecule has 0 aliphatic rings. The zero-order valence-corrected chi connectivity index (χ0v) is 9.94. The number of carboxylic acid groups (broad SMARTS) is 1. The molecule has 0 saturated carbocycles. The fraction of sp³-hybridized carbons (Fsp3) is 0.0833. The number of benzene rings is 1. The molecule has 0 aromatic heterocycles. The lowest BCUT2D eigenvalue weighted by Gasteiger charge is -2.06. The van der Waals surface area contributed by atoms with E-state index in [9.17, 15) is 18.8 Å². The summed E-state index contributed by atoms with van der Waals surface area (Å²) in [6, 6.07) is 3.21. The van der Waals surface area contributed by atoms with Crippen LogP contribution in [-0.4, -0.2) is 23.0 Å². The van der Waals surface area contributed by atoms with Crippen LogP contribution in [0.1, 0.15) is 5.56 Å². The molecular formula is C12H11FN2O4. The highest BCUT2D eigenvalue weighted by molar-refractivity contribution is 6.06. The largest absolute Gasteiger partial charge is 0.478 e. The average molecular weight is 266 g/mol. The van der Waals surface area contributed by atoms with Crippen molar-refractivity contribution >= 4 is 23.6 Å². The van der Waals surface area contributed by atoms with Crippen LogP contribution in [0.3, 0.4) is 0 Å². The quantitative estimate of drug-likeness (QED) is 0.721. The Labute approximate surface area is 107 Å². The monoisotopic (exact) mass is 266 g/mol. The van der Waals surface area contributed by atoms with Gasteiger partial charge in [-0.3, -0.25) is 10.1 Å². The van der Waals surface area contributed by atoms with Crippen molar-refractivity contribution in [3.63, 3.8) is 0 Å². The van der Waals surface area contributed by atoms with E-state index in [2.05, 4.69) is 5.32 Å². The lowest BCUT2D eigenvalue weighted by Crippen LogP contribution is -2.33. The highest BCUT2D eigenvalue weighted by Crippen LogP contribution is 2.14. The standard InChI is InChI=1S/C12H11FN2O4/c1-7-2-3-9(8(13)6-7)14-12(19)15-10(16)4-5-11(17)18/h2-6H,1H3,(H,17,18)(H2,14,15,16,19)/b5-4+. The van der Waals surface area contributed by atoms with Gasteiger partial charge in [0.2, 0.25) is 0 Å². The topological polar surface area (TPSA) is 95.5 Å². The Morgan fingerprint density at radius 1 is 1.26 bits per heavy atom. The molecule has 6 nitrogen and oxygen atoms in total. The summed E-state index contributed by atoms with van der Waals surface area (Å²) in [7, 11) is 0. The van der Waals surface area contributed by atoms with E-state index >= 15 is 0 Å². The molecule has 7 heteroatoms. The minimum atomic E-state index is -1.32. The number of urea groups is 1. The molecule has 1 aromatic carbocycles. The van der Waals surface area contributed by atoms with E-state index in [-0.39, 0.29) is 5.69 Å². The average Bonchev–Trinajstić information content (AvgIpc) is 2.30. The van der Waals surface area contributed by atoms with E-state index in [1.165, 1.54) is 12.1 Å². The summed E-state index contributed by atoms with van der Waals surface area (Å²) < 4.78 is 13.4. The number of carboxylic acids is 1. The van der Waals surface area contributed by atoms with Gasteiger partial charge in [-0.1, -0.05) is 6.07 Å². The zero-order valence-electron chi connectivity index (χ0n) is 9.94. The molecule has 0 saturated heterocycles. The van der Waals surface area contributed by atoms with Crippen LogP contribution in [0, 0.1) is 12.7 Å². The maximum atomic E-state index is 13.4. The third-order valence-electron chi connectivity index (χ3n) is 1.99. The Morgan fingerprint density at radius 3 is 2.53 bits per heavy atom. The van der Waals surface area contributed by atoms with Crippen molar-refractivity contribution < 1.29 is 23.9 Å². The molecule has 3 amide bonds. The molecule has 0 spiro atoms. The second-order valence-electron chi connectivity index (χ2n) is 3.60. The fourth-order valence-electron chi connectivity index (χ4n) is 1.18. The Balaban J connectivity index is 2.60. The molecule has 0 fully saturated rings. The number of halogens is 1. The molecule has 1 aromatic rings. The number of aryl methyl sites for hydroxylation is 1. The van der Waals surface area contributed by atoms with Crippen molar-refractivity contribution in [1.29, 1.82) is 0 Å². The number of imide groups is 1. The van der Waals surface area contributed by atoms with Gasteiger partial charge in [-0.05, 0) is 24.6 Å². The van der Waals surface area contributed by atoms with Gasteiger partial charge in [0.25, 0.3) is 5.91 Å². The van der Waals surface area contributed by atoms with Crippen LogP contribution < -0.4 is 10.6 Å². The summed E-state index contributed by atoms with van der Waals surface area (Å²) in [5.41, 5.74) is 0.599. The van der Waals surface area contributed by atoms with Crippen LogP contribution in [0.15, 0.2) is 30.4 Å². The van der Waals surface area contributed by atoms with Crippen molar-refractivity contribution in [3.8, 4) is 0 Å². The maximum Gasteiger partial charge on any atom is 0.328 e. The molecule has 0 bridgehead atoms. The number of hydrogen-bond acceptors (Lipinski definition) is 3. The van der Waals surface area contributed by atoms with Gasteiger partial charge in [0.1, 0.15) is 5.82 Å². The second-order valence-corrected chi connectivity index (χ2v) is 3.60. The predicted molar refractivity (Wildman–Crippen MR) is 65.1 cm³/mol. The molecule has 0 radical (unpaired) electrons. The predicted octanol–water partition coefficient (Wildman–Crippen LogP) is 1.42. The van der Waals surface area contributed by atoms with E-state index in [1.54, 1.807) is 13.0 Å². The summed E-state index contributed by atoms with van der Waals surface area (Å²) in [4.78, 5) is 32.5. The van der Waals surface area contributed by atoms with Gasteiger partial charge in [-0.2, -0.15) is 0 Å². The molecule has 0 aliphatic heterocycles. The first-order valence-corrected chi connectivity index (χ1v) is 5.17. The van der Waals surface area contributed by atoms with Gasteiger partial charge < -0.3 is 10.4 Å². The normalized spacial score (nSPS) is 10.2. The summed E-state index contributed by atoms with van der Waals surface area (Å²) in [6.07, 6.45) is 1.25. The molecule has 19 heavy (non-hydrogen) atoms. The van der Waals surface area contributed by atoms with E-state index < -0.39 is 23.7 Å². The Hall–Kier alpha value is -2.70. The van der Waals surface area contributed by atoms with Crippen molar-refractivity contribution in [2.24, 2.45) is 0 Å². The third-order valence-corrected chi connectivity index (χ3v) is 1.99. The first-order chi connectivity index (χ1) is 8.88. The first-order valence-electron chi connectivity index (χ1n) is 5.17. The second kappa shape index (κ2) is 6.29. The first kappa shape index (κ1) is 14.4. The summed E-state index contributed by atoms with van der Waals surface area (Å²) in [5, 5.41) is 12.2. The van der Waals surface area contributed by atoms with Crippen molar-refractivity contribution in [1.82, 2.24) is 5.32 Å². The summed E-state index contributed by atoms with van der Waals surface area (Å²) in [5.74, 6) is -2.88. The van der Waals surface area contributed by atoms with Gasteiger partial charge in [0.05, 0.1) is 5.69 Å². The highest BCUT2D eigenvalue weighted by atomic mass is 19.1. The minimum Gasteiger partial charge on any atom is -0.478 e. The molecule has 100 valence electrons. The van der Waals surface area contributed by atoms with Crippen LogP contribution in [0.2, 0.25) is 0 Å². The molecular weight excluding hydrogens is 255 g/mol. The lowest BCUT2D eigenvalue weighted by molar-refractivity contribution is -0.131. The fourth-order valence-corrected chi connectivity index (χ4v) is 1.18. The van der Waals surface area contributed by atoms with Crippen molar-refractivity contribution in [2.45, 2.75) is 6.92 Å². The maximum absolute atomic E-state index is 13.4. The molecule has 0 unspecified atom stereocenters. The summed E-state index contributed by atoms with van der Waals surface area (Å²) >= 11 is 0. The Morgan fingerprint density at radius 2 is 1.95 bits per heavy atom. The third kappa shape index (κ3) is 4.99. The van der Waals surface area contributed by atoms with Gasteiger partial charge in [-0.15, -0.1) is 0 Å². The SMILES string of the molecule is Cc1ccc(NC(=O)NC(=O)/C=C/C(=O)O)c(F)c1. The molecule has 1 rings (SSSR count). The van der Waals surface area contributed by atoms with Crippen molar-refractivity contribution in [2.75, 3.05) is 5.32 Å². The number of anilines is 1. The number of aliphatic carboxylic acids is 1. The molecule has 0 atom stereocenters. The molecule has 3 N–H and O–H groups in total. The number of carbonyl (C=O) groups excluding carboxylic acids is 2. The van der Waals surface area contributed by atoms with Crippen LogP contribution in [-0.2, 0) is 9.59 Å². The lowest BCUT2D eigenvalue weighted by atomic mass is 10.2. The summed E-state index contributed by atoms with van der Waals surface area (Å²) in [6.45, 7) is 1.69. The van der Waals surface area contributed by atoms with E-state index in [0.29, 0.717) is 17.7 Å². The zero-order chi connectivity index (χ0) is 14.4. The van der Waals surface area contributed by atoms with E-state index in [1.807, 2.05) is 5.32 Å². The number of nitrogens with one attached hydrogen (secondary N) is 2. The van der Waals surface area contributed by atoms with Crippen LogP contribution in [0.25, 0.3) is 0 Å². The number of amides is 3. The van der Waals surface area contributed by atoms with Gasteiger partial charge >= 0.3 is 12.0 Å². The minimum absolute atomic E-state index is 0.0851. The van der Waals surface area contributed by atoms with Gasteiger partial charge in [0, 0.05) is 12.2 Å². The van der Waals surface area contributed by atoms with Crippen LogP contribution >= 0.6 is 0 Å². The molecule has 0 aliphatic carbocycles. The van der Waals surface area contributed by atoms with Crippen LogP contribution in [0.4, 0.5) is 14.9 Å². The Kier molecular flexibility index (Phi) is 4.76. The smallest absolute Gasteiger partial charge is 0.328 e. The number of rotatable bonds is 3. The van der Waals surface area contributed by atoms with Gasteiger partial charge in [-0.25, -0.2) is 14.0 Å². The van der Waals surface area contributed by atoms with Crippen molar-refractivity contribution in [3.05, 3.63) is 41.7 Å². The number of carbonyl (C=O) groups is 3. The van der Waals surface area contributed by atoms with E-state index in [4.69, 9.17) is 5.11 Å². The highest BCUT2D eigenvalue weighted by Gasteiger charge is 2.08. The van der Waals surface area contributed by atoms with Gasteiger partial charge in [0.15, 0.2) is 0 Å². The van der Waals surface area contributed by atoms with E-state index in [0.717, 1.165) is 0 Å². The molecule has 0 heterocycles. The number of hydrogen-bond donors (Lipinski definition) is 3. The Bertz CT molecular complexity index is 555. The van der Waals surface area contributed by atoms with Crippen LogP contribution in [0.5, 0.6) is 0 Å².